The van der Waals surface area contributed by atoms with Crippen molar-refractivity contribution in [1.82, 2.24) is 19.8 Å². The fourth-order valence-corrected chi connectivity index (χ4v) is 5.86. The van der Waals surface area contributed by atoms with Gasteiger partial charge in [-0.15, -0.1) is 0 Å². The van der Waals surface area contributed by atoms with E-state index in [0.717, 1.165) is 58.8 Å². The monoisotopic (exact) mass is 610 g/mol. The predicted molar refractivity (Wildman–Crippen MR) is 175 cm³/mol. The van der Waals surface area contributed by atoms with E-state index in [1.807, 2.05) is 41.4 Å². The molecule has 1 amide bonds. The summed E-state index contributed by atoms with van der Waals surface area (Å²) in [6.45, 7) is 7.27. The Morgan fingerprint density at radius 3 is 1.87 bits per heavy atom. The van der Waals surface area contributed by atoms with Gasteiger partial charge in [0.2, 0.25) is 11.7 Å². The van der Waals surface area contributed by atoms with E-state index in [4.69, 9.17) is 18.9 Å². The summed E-state index contributed by atoms with van der Waals surface area (Å²) in [5.74, 6) is 2.67. The first kappa shape index (κ1) is 31.8. The number of hydrogen-bond donors (Lipinski definition) is 0. The highest BCUT2D eigenvalue weighted by molar-refractivity contribution is 5.79. The lowest BCUT2D eigenvalue weighted by Crippen LogP contribution is -2.49. The van der Waals surface area contributed by atoms with Gasteiger partial charge in [-0.2, -0.15) is 0 Å². The molecule has 0 spiro atoms. The molecular weight excluding hydrogens is 568 g/mol. The normalized spacial score (nSPS) is 13.6. The second-order valence-electron chi connectivity index (χ2n) is 11.3. The molecule has 0 saturated carbocycles. The summed E-state index contributed by atoms with van der Waals surface area (Å²) < 4.78 is 22.2. The lowest BCUT2D eigenvalue weighted by atomic mass is 9.98. The summed E-state index contributed by atoms with van der Waals surface area (Å²) in [7, 11) is 6.49. The van der Waals surface area contributed by atoms with Gasteiger partial charge in [-0.25, -0.2) is 0 Å². The number of benzene rings is 2. The van der Waals surface area contributed by atoms with E-state index in [1.165, 1.54) is 11.1 Å². The number of aryl methyl sites for hydroxylation is 1. The van der Waals surface area contributed by atoms with Gasteiger partial charge in [-0.3, -0.25) is 19.7 Å². The largest absolute Gasteiger partial charge is 0.496 e. The van der Waals surface area contributed by atoms with Crippen LogP contribution >= 0.6 is 0 Å². The summed E-state index contributed by atoms with van der Waals surface area (Å²) in [5.41, 5.74) is 8.14. The van der Waals surface area contributed by atoms with Gasteiger partial charge < -0.3 is 23.8 Å². The fraction of sp³-hybridized carbons (Fsp3) is 0.361. The molecule has 0 atom stereocenters. The van der Waals surface area contributed by atoms with Crippen LogP contribution in [0.3, 0.4) is 0 Å². The molecular formula is C36H42N4O5. The Morgan fingerprint density at radius 1 is 0.733 bits per heavy atom. The van der Waals surface area contributed by atoms with E-state index in [2.05, 4.69) is 46.9 Å². The maximum Gasteiger partial charge on any atom is 0.237 e. The number of methoxy groups -OCH3 is 4. The first-order valence-electron chi connectivity index (χ1n) is 15.3. The molecule has 236 valence electrons. The molecule has 1 fully saturated rings. The first-order valence-corrected chi connectivity index (χ1v) is 15.3. The smallest absolute Gasteiger partial charge is 0.237 e. The van der Waals surface area contributed by atoms with Crippen molar-refractivity contribution in [2.75, 3.05) is 48.1 Å². The highest BCUT2D eigenvalue weighted by atomic mass is 16.5. The molecule has 9 heteroatoms. The molecule has 3 heterocycles. The second-order valence-corrected chi connectivity index (χ2v) is 11.3. The van der Waals surface area contributed by atoms with Gasteiger partial charge in [-0.05, 0) is 84.1 Å². The van der Waals surface area contributed by atoms with Gasteiger partial charge in [0.1, 0.15) is 5.75 Å². The van der Waals surface area contributed by atoms with Crippen molar-refractivity contribution < 1.29 is 23.7 Å². The highest BCUT2D eigenvalue weighted by Gasteiger charge is 2.24. The molecule has 0 N–H and O–H groups in total. The number of ether oxygens (including phenoxy) is 4. The minimum Gasteiger partial charge on any atom is -0.496 e. The Bertz CT molecular complexity index is 1630. The van der Waals surface area contributed by atoms with E-state index in [9.17, 15) is 4.79 Å². The SMILES string of the molecule is CCCc1cc(-c2cc(CN3CCN(Cc4ccnc(-c5cc(OC)c(OC)c(OC)c5)c4)CC3=O)ccn2)cc(OC)c1C. The van der Waals surface area contributed by atoms with Crippen molar-refractivity contribution in [2.24, 2.45) is 0 Å². The third-order valence-electron chi connectivity index (χ3n) is 8.29. The van der Waals surface area contributed by atoms with Crippen LogP contribution in [0.1, 0.15) is 35.6 Å². The molecule has 1 saturated heterocycles. The Kier molecular flexibility index (Phi) is 10.2. The van der Waals surface area contributed by atoms with Crippen LogP contribution in [-0.2, 0) is 24.3 Å². The molecule has 0 radical (unpaired) electrons. The number of rotatable bonds is 12. The predicted octanol–water partition coefficient (Wildman–Crippen LogP) is 5.95. The summed E-state index contributed by atoms with van der Waals surface area (Å²) in [5, 5.41) is 0. The molecule has 4 aromatic rings. The lowest BCUT2D eigenvalue weighted by Gasteiger charge is -2.34. The lowest BCUT2D eigenvalue weighted by molar-refractivity contribution is -0.136. The fourth-order valence-electron chi connectivity index (χ4n) is 5.86. The number of carbonyl (C=O) groups is 1. The van der Waals surface area contributed by atoms with Gasteiger partial charge in [0.25, 0.3) is 0 Å². The number of hydrogen-bond acceptors (Lipinski definition) is 8. The number of nitrogens with zero attached hydrogens (tertiary/aromatic N) is 4. The van der Waals surface area contributed by atoms with Crippen molar-refractivity contribution >= 4 is 5.91 Å². The molecule has 2 aromatic carbocycles. The van der Waals surface area contributed by atoms with E-state index in [0.29, 0.717) is 43.4 Å². The van der Waals surface area contributed by atoms with Crippen molar-refractivity contribution in [3.63, 3.8) is 0 Å². The van der Waals surface area contributed by atoms with Crippen molar-refractivity contribution in [1.29, 1.82) is 0 Å². The second kappa shape index (κ2) is 14.4. The summed E-state index contributed by atoms with van der Waals surface area (Å²) >= 11 is 0. The van der Waals surface area contributed by atoms with E-state index >= 15 is 0 Å². The van der Waals surface area contributed by atoms with Crippen LogP contribution in [0.5, 0.6) is 23.0 Å². The van der Waals surface area contributed by atoms with Gasteiger partial charge >= 0.3 is 0 Å². The molecule has 1 aliphatic heterocycles. The van der Waals surface area contributed by atoms with Gasteiger partial charge in [0.15, 0.2) is 11.5 Å². The Hall–Kier alpha value is -4.63. The zero-order valence-corrected chi connectivity index (χ0v) is 27.1. The average molecular weight is 611 g/mol. The minimum absolute atomic E-state index is 0.112. The van der Waals surface area contributed by atoms with Gasteiger partial charge in [-0.1, -0.05) is 13.3 Å². The molecule has 45 heavy (non-hydrogen) atoms. The number of amides is 1. The van der Waals surface area contributed by atoms with Crippen molar-refractivity contribution in [3.05, 3.63) is 83.2 Å². The number of aromatic nitrogens is 2. The van der Waals surface area contributed by atoms with E-state index < -0.39 is 0 Å². The molecule has 0 aliphatic carbocycles. The zero-order chi connectivity index (χ0) is 31.9. The minimum atomic E-state index is 0.112. The standard InChI is InChI=1S/C36H42N4O5/c1-7-8-27-17-28(18-32(42-3)24(27)2)30-16-26(10-12-37-30)22-40-14-13-39(23-35(40)41)21-25-9-11-38-31(15-25)29-19-33(43-4)36(45-6)34(20-29)44-5/h9-12,15-20H,7-8,13-14,21-23H2,1-6H3. The molecule has 0 bridgehead atoms. The van der Waals surface area contributed by atoms with Crippen LogP contribution in [0.15, 0.2) is 60.9 Å². The van der Waals surface area contributed by atoms with Crippen LogP contribution in [0, 0.1) is 6.92 Å². The number of carbonyl (C=O) groups excluding carboxylic acids is 1. The Labute approximate surface area is 265 Å². The Morgan fingerprint density at radius 2 is 1.31 bits per heavy atom. The van der Waals surface area contributed by atoms with Crippen LogP contribution < -0.4 is 18.9 Å². The summed E-state index contributed by atoms with van der Waals surface area (Å²) in [4.78, 5) is 26.6. The topological polar surface area (TPSA) is 86.2 Å². The van der Waals surface area contributed by atoms with Crippen molar-refractivity contribution in [3.8, 4) is 45.5 Å². The molecule has 2 aromatic heterocycles. The zero-order valence-electron chi connectivity index (χ0n) is 27.1. The van der Waals surface area contributed by atoms with Gasteiger partial charge in [0, 0.05) is 49.7 Å². The quantitative estimate of drug-likeness (QED) is 0.195. The van der Waals surface area contributed by atoms with Crippen LogP contribution in [0.25, 0.3) is 22.5 Å². The molecule has 5 rings (SSSR count). The van der Waals surface area contributed by atoms with E-state index in [-0.39, 0.29) is 5.91 Å². The average Bonchev–Trinajstić information content (AvgIpc) is 3.06. The molecule has 0 unspecified atom stereocenters. The maximum absolute atomic E-state index is 13.3. The Balaban J connectivity index is 1.25. The molecule has 9 nitrogen and oxygen atoms in total. The third-order valence-corrected chi connectivity index (χ3v) is 8.29. The number of pyridine rings is 2. The van der Waals surface area contributed by atoms with Crippen LogP contribution in [-0.4, -0.2) is 73.7 Å². The maximum atomic E-state index is 13.3. The van der Waals surface area contributed by atoms with Crippen LogP contribution in [0.4, 0.5) is 0 Å². The summed E-state index contributed by atoms with van der Waals surface area (Å²) in [6, 6.07) is 16.1. The molecule has 1 aliphatic rings. The van der Waals surface area contributed by atoms with Crippen molar-refractivity contribution in [2.45, 2.75) is 39.8 Å². The van der Waals surface area contributed by atoms with Crippen LogP contribution in [0.2, 0.25) is 0 Å². The number of piperazine rings is 1. The third kappa shape index (κ3) is 7.20. The van der Waals surface area contributed by atoms with Gasteiger partial charge in [0.05, 0.1) is 46.4 Å². The first-order chi connectivity index (χ1) is 21.9. The summed E-state index contributed by atoms with van der Waals surface area (Å²) in [6.07, 6.45) is 5.67. The van der Waals surface area contributed by atoms with E-state index in [1.54, 1.807) is 34.6 Å². The highest BCUT2D eigenvalue weighted by Crippen LogP contribution is 2.41.